The summed E-state index contributed by atoms with van der Waals surface area (Å²) in [5.74, 6) is 0. The van der Waals surface area contributed by atoms with Gasteiger partial charge in [-0.25, -0.2) is 0 Å². The molecule has 0 saturated heterocycles. The quantitative estimate of drug-likeness (QED) is 0.171. The molecule has 0 aliphatic heterocycles. The van der Waals surface area contributed by atoms with Crippen LogP contribution in [-0.2, 0) is 0 Å². The third-order valence-corrected chi connectivity index (χ3v) is 11.2. The lowest BCUT2D eigenvalue weighted by Gasteiger charge is -2.26. The van der Waals surface area contributed by atoms with E-state index in [1.807, 2.05) is 6.07 Å². The van der Waals surface area contributed by atoms with Gasteiger partial charge in [-0.05, 0) is 114 Å². The van der Waals surface area contributed by atoms with Crippen LogP contribution < -0.4 is 4.90 Å². The van der Waals surface area contributed by atoms with Gasteiger partial charge < -0.3 is 9.32 Å². The third kappa shape index (κ3) is 5.42. The summed E-state index contributed by atoms with van der Waals surface area (Å²) in [6, 6.07) is 76.4. The van der Waals surface area contributed by atoms with E-state index in [2.05, 4.69) is 211 Å². The van der Waals surface area contributed by atoms with Crippen molar-refractivity contribution in [2.75, 3.05) is 4.90 Å². The van der Waals surface area contributed by atoms with Gasteiger partial charge in [0.25, 0.3) is 0 Å². The first-order valence-electron chi connectivity index (χ1n) is 19.2. The zero-order chi connectivity index (χ0) is 37.0. The number of anilines is 3. The molecule has 2 heteroatoms. The standard InChI is InChI=1S/C54H35NO/c1-2-11-36(12-3-1)38-23-28-45(29-24-38)55(51-35-43-15-6-7-17-49(43)53-50-18-8-9-20-52(50)56-54(51)53)46-30-25-39(26-31-46)41-27-32-48-42(34-41)16-10-19-47(48)44-22-21-37-13-4-5-14-40(37)33-44/h1-35H. The average Bonchev–Trinajstić information content (AvgIpc) is 3.67. The van der Waals surface area contributed by atoms with Crippen molar-refractivity contribution in [1.29, 1.82) is 0 Å². The van der Waals surface area contributed by atoms with E-state index in [0.29, 0.717) is 0 Å². The number of furan rings is 1. The highest BCUT2D eigenvalue weighted by Gasteiger charge is 2.22. The Morgan fingerprint density at radius 1 is 0.321 bits per heavy atom. The molecule has 0 radical (unpaired) electrons. The highest BCUT2D eigenvalue weighted by atomic mass is 16.3. The molecule has 1 aromatic heterocycles. The van der Waals surface area contributed by atoms with Crippen molar-refractivity contribution in [1.82, 2.24) is 0 Å². The van der Waals surface area contributed by atoms with E-state index < -0.39 is 0 Å². The summed E-state index contributed by atoms with van der Waals surface area (Å²) in [5, 5.41) is 9.59. The molecule has 0 amide bonds. The minimum absolute atomic E-state index is 0.873. The highest BCUT2D eigenvalue weighted by molar-refractivity contribution is 6.23. The van der Waals surface area contributed by atoms with E-state index >= 15 is 0 Å². The van der Waals surface area contributed by atoms with Crippen LogP contribution in [0.5, 0.6) is 0 Å². The Morgan fingerprint density at radius 2 is 0.875 bits per heavy atom. The van der Waals surface area contributed by atoms with Gasteiger partial charge in [0.2, 0.25) is 0 Å². The first kappa shape index (κ1) is 32.0. The molecule has 0 atom stereocenters. The number of benzene rings is 10. The fourth-order valence-electron chi connectivity index (χ4n) is 8.46. The molecule has 2 nitrogen and oxygen atoms in total. The number of para-hydroxylation sites is 1. The molecule has 0 unspecified atom stereocenters. The molecule has 0 fully saturated rings. The van der Waals surface area contributed by atoms with Gasteiger partial charge in [-0.3, -0.25) is 0 Å². The molecule has 262 valence electrons. The minimum atomic E-state index is 0.873. The fraction of sp³-hybridized carbons (Fsp3) is 0. The Kier molecular flexibility index (Phi) is 7.53. The molecule has 0 N–H and O–H groups in total. The van der Waals surface area contributed by atoms with Gasteiger partial charge in [-0.15, -0.1) is 0 Å². The molecule has 0 spiro atoms. The van der Waals surface area contributed by atoms with Crippen LogP contribution in [0.2, 0.25) is 0 Å². The van der Waals surface area contributed by atoms with Crippen molar-refractivity contribution in [2.24, 2.45) is 0 Å². The van der Waals surface area contributed by atoms with Crippen LogP contribution in [0.1, 0.15) is 0 Å². The zero-order valence-electron chi connectivity index (χ0n) is 30.6. The first-order valence-corrected chi connectivity index (χ1v) is 19.2. The van der Waals surface area contributed by atoms with E-state index in [0.717, 1.165) is 39.0 Å². The normalized spacial score (nSPS) is 11.6. The Bertz CT molecular complexity index is 3230. The van der Waals surface area contributed by atoms with Crippen LogP contribution in [0, 0.1) is 0 Å². The summed E-state index contributed by atoms with van der Waals surface area (Å²) in [4.78, 5) is 2.34. The Balaban J connectivity index is 1.03. The Morgan fingerprint density at radius 3 is 1.66 bits per heavy atom. The van der Waals surface area contributed by atoms with Crippen LogP contribution in [0.3, 0.4) is 0 Å². The lowest BCUT2D eigenvalue weighted by Crippen LogP contribution is -2.10. The second-order valence-corrected chi connectivity index (χ2v) is 14.5. The molecule has 11 aromatic rings. The van der Waals surface area contributed by atoms with Crippen LogP contribution in [0.25, 0.3) is 87.6 Å². The van der Waals surface area contributed by atoms with Crippen molar-refractivity contribution in [3.63, 3.8) is 0 Å². The fourth-order valence-corrected chi connectivity index (χ4v) is 8.46. The average molecular weight is 714 g/mol. The molecule has 0 bridgehead atoms. The van der Waals surface area contributed by atoms with Gasteiger partial charge in [0.15, 0.2) is 5.58 Å². The predicted molar refractivity (Wildman–Crippen MR) is 237 cm³/mol. The molecular weight excluding hydrogens is 679 g/mol. The van der Waals surface area contributed by atoms with Crippen molar-refractivity contribution < 1.29 is 4.42 Å². The maximum atomic E-state index is 6.76. The number of nitrogens with zero attached hydrogens (tertiary/aromatic N) is 1. The van der Waals surface area contributed by atoms with Gasteiger partial charge in [0, 0.05) is 22.1 Å². The maximum absolute atomic E-state index is 6.76. The second kappa shape index (κ2) is 13.2. The van der Waals surface area contributed by atoms with Gasteiger partial charge >= 0.3 is 0 Å². The topological polar surface area (TPSA) is 16.4 Å². The maximum Gasteiger partial charge on any atom is 0.160 e. The van der Waals surface area contributed by atoms with E-state index in [4.69, 9.17) is 4.42 Å². The molecule has 10 aromatic carbocycles. The summed E-state index contributed by atoms with van der Waals surface area (Å²) >= 11 is 0. The van der Waals surface area contributed by atoms with Crippen LogP contribution in [0.4, 0.5) is 17.1 Å². The lowest BCUT2D eigenvalue weighted by atomic mass is 9.94. The number of hydrogen-bond acceptors (Lipinski definition) is 2. The highest BCUT2D eigenvalue weighted by Crippen LogP contribution is 2.46. The van der Waals surface area contributed by atoms with E-state index in [9.17, 15) is 0 Å². The summed E-state index contributed by atoms with van der Waals surface area (Å²) in [7, 11) is 0. The van der Waals surface area contributed by atoms with Gasteiger partial charge in [-0.2, -0.15) is 0 Å². The van der Waals surface area contributed by atoms with Crippen molar-refractivity contribution >= 4 is 71.3 Å². The molecule has 56 heavy (non-hydrogen) atoms. The largest absolute Gasteiger partial charge is 0.454 e. The van der Waals surface area contributed by atoms with E-state index in [1.165, 1.54) is 65.7 Å². The molecule has 0 saturated carbocycles. The van der Waals surface area contributed by atoms with Crippen molar-refractivity contribution in [3.8, 4) is 33.4 Å². The monoisotopic (exact) mass is 713 g/mol. The van der Waals surface area contributed by atoms with E-state index in [-0.39, 0.29) is 0 Å². The van der Waals surface area contributed by atoms with Crippen molar-refractivity contribution in [2.45, 2.75) is 0 Å². The Hall–Kier alpha value is -7.42. The smallest absolute Gasteiger partial charge is 0.160 e. The van der Waals surface area contributed by atoms with Crippen LogP contribution >= 0.6 is 0 Å². The predicted octanol–water partition coefficient (Wildman–Crippen LogP) is 15.5. The molecule has 11 rings (SSSR count). The molecular formula is C54H35NO. The zero-order valence-corrected chi connectivity index (χ0v) is 30.6. The SMILES string of the molecule is c1ccc(-c2ccc(N(c3ccc(-c4ccc5c(-c6ccc7ccccc7c6)cccc5c4)cc3)c3cc4ccccc4c4c3oc3ccccc34)cc2)cc1. The summed E-state index contributed by atoms with van der Waals surface area (Å²) < 4.78 is 6.76. The van der Waals surface area contributed by atoms with Gasteiger partial charge in [0.1, 0.15) is 5.58 Å². The van der Waals surface area contributed by atoms with Gasteiger partial charge in [-0.1, -0.05) is 164 Å². The number of hydrogen-bond donors (Lipinski definition) is 0. The molecule has 1 heterocycles. The first-order chi connectivity index (χ1) is 27.7. The van der Waals surface area contributed by atoms with Crippen LogP contribution in [-0.4, -0.2) is 0 Å². The summed E-state index contributed by atoms with van der Waals surface area (Å²) in [6.45, 7) is 0. The van der Waals surface area contributed by atoms with E-state index in [1.54, 1.807) is 0 Å². The second-order valence-electron chi connectivity index (χ2n) is 14.5. The summed E-state index contributed by atoms with van der Waals surface area (Å²) in [6.07, 6.45) is 0. The lowest BCUT2D eigenvalue weighted by molar-refractivity contribution is 0.669. The van der Waals surface area contributed by atoms with Gasteiger partial charge in [0.05, 0.1) is 5.69 Å². The van der Waals surface area contributed by atoms with Crippen LogP contribution in [0.15, 0.2) is 217 Å². The third-order valence-electron chi connectivity index (χ3n) is 11.2. The minimum Gasteiger partial charge on any atom is -0.454 e. The number of fused-ring (bicyclic) bond motifs is 7. The Labute approximate surface area is 325 Å². The molecule has 0 aliphatic carbocycles. The summed E-state index contributed by atoms with van der Waals surface area (Å²) in [5.41, 5.74) is 12.1. The molecule has 0 aliphatic rings. The van der Waals surface area contributed by atoms with Crippen molar-refractivity contribution in [3.05, 3.63) is 212 Å². The number of rotatable bonds is 6.